The molecule has 0 bridgehead atoms. The maximum atomic E-state index is 11.7. The van der Waals surface area contributed by atoms with Crippen LogP contribution >= 0.6 is 12.2 Å². The van der Waals surface area contributed by atoms with E-state index in [4.69, 9.17) is 21.7 Å². The number of rotatable bonds is 7. The normalized spacial score (nSPS) is 10.8. The van der Waals surface area contributed by atoms with Crippen molar-refractivity contribution >= 4 is 29.2 Å². The number of ether oxygens (including phenoxy) is 2. The number of H-pyrrole nitrogens is 1. The Kier molecular flexibility index (Phi) is 5.35. The molecule has 0 fully saturated rings. The molecule has 2 N–H and O–H groups in total. The number of hydrogen-bond acceptors (Lipinski definition) is 4. The molecule has 0 saturated carbocycles. The summed E-state index contributed by atoms with van der Waals surface area (Å²) in [5, 5.41) is 2.79. The van der Waals surface area contributed by atoms with Crippen molar-refractivity contribution in [2.75, 3.05) is 27.4 Å². The van der Waals surface area contributed by atoms with Crippen molar-refractivity contribution in [2.24, 2.45) is 0 Å². The number of hydrogen-bond donors (Lipinski definition) is 2. The van der Waals surface area contributed by atoms with Gasteiger partial charge in [-0.1, -0.05) is 0 Å². The van der Waals surface area contributed by atoms with Gasteiger partial charge in [0.05, 0.1) is 24.8 Å². The number of nitrogens with one attached hydrogen (secondary N) is 2. The standard InChI is InChI=1S/C14H19N3O3S/c1-19-8-6-15-13(18)5-7-17-12-4-3-10(20-2)9-11(12)16-14(17)21/h3-4,9H,5-8H2,1-2H3,(H,15,18)(H,16,21). The summed E-state index contributed by atoms with van der Waals surface area (Å²) in [4.78, 5) is 14.8. The van der Waals surface area contributed by atoms with Crippen LogP contribution in [0.15, 0.2) is 18.2 Å². The SMILES string of the molecule is COCCNC(=O)CCn1c(=S)[nH]c2cc(OC)ccc21. The van der Waals surface area contributed by atoms with Crippen LogP contribution in [-0.4, -0.2) is 42.8 Å². The quantitative estimate of drug-likeness (QED) is 0.605. The molecule has 114 valence electrons. The molecule has 1 aromatic heterocycles. The van der Waals surface area contributed by atoms with E-state index in [1.54, 1.807) is 14.2 Å². The Bertz CT molecular complexity index is 678. The predicted octanol–water partition coefficient (Wildman–Crippen LogP) is 1.86. The van der Waals surface area contributed by atoms with Crippen molar-refractivity contribution in [3.05, 3.63) is 23.0 Å². The van der Waals surface area contributed by atoms with Gasteiger partial charge in [-0.25, -0.2) is 0 Å². The van der Waals surface area contributed by atoms with Gasteiger partial charge in [-0.3, -0.25) is 4.79 Å². The molecule has 6 nitrogen and oxygen atoms in total. The highest BCUT2D eigenvalue weighted by Gasteiger charge is 2.08. The van der Waals surface area contributed by atoms with Crippen molar-refractivity contribution in [3.63, 3.8) is 0 Å². The van der Waals surface area contributed by atoms with E-state index in [1.807, 2.05) is 22.8 Å². The van der Waals surface area contributed by atoms with Crippen molar-refractivity contribution in [3.8, 4) is 5.75 Å². The van der Waals surface area contributed by atoms with Crippen LogP contribution in [0.25, 0.3) is 11.0 Å². The zero-order valence-corrected chi connectivity index (χ0v) is 13.0. The fourth-order valence-electron chi connectivity index (χ4n) is 2.09. The largest absolute Gasteiger partial charge is 0.497 e. The van der Waals surface area contributed by atoms with E-state index < -0.39 is 0 Å². The second-order valence-corrected chi connectivity index (χ2v) is 4.94. The zero-order chi connectivity index (χ0) is 15.2. The first kappa shape index (κ1) is 15.5. The number of nitrogens with zero attached hydrogens (tertiary/aromatic N) is 1. The Labute approximate surface area is 128 Å². The third-order valence-electron chi connectivity index (χ3n) is 3.17. The van der Waals surface area contributed by atoms with Crippen LogP contribution in [0.2, 0.25) is 0 Å². The molecule has 1 heterocycles. The number of carbonyl (C=O) groups is 1. The van der Waals surface area contributed by atoms with Gasteiger partial charge >= 0.3 is 0 Å². The first-order valence-electron chi connectivity index (χ1n) is 6.68. The van der Waals surface area contributed by atoms with Gasteiger partial charge < -0.3 is 24.3 Å². The number of aromatic nitrogens is 2. The Morgan fingerprint density at radius 1 is 1.43 bits per heavy atom. The molecule has 0 spiro atoms. The van der Waals surface area contributed by atoms with Crippen LogP contribution in [0.3, 0.4) is 0 Å². The molecule has 0 aliphatic heterocycles. The van der Waals surface area contributed by atoms with Gasteiger partial charge in [-0.15, -0.1) is 0 Å². The van der Waals surface area contributed by atoms with Gasteiger partial charge in [-0.2, -0.15) is 0 Å². The number of benzene rings is 1. The van der Waals surface area contributed by atoms with E-state index in [-0.39, 0.29) is 5.91 Å². The second-order valence-electron chi connectivity index (χ2n) is 4.56. The molecule has 2 rings (SSSR count). The summed E-state index contributed by atoms with van der Waals surface area (Å²) in [6, 6.07) is 5.70. The fourth-order valence-corrected chi connectivity index (χ4v) is 2.39. The van der Waals surface area contributed by atoms with Crippen molar-refractivity contribution in [1.29, 1.82) is 0 Å². The molecular weight excluding hydrogens is 290 g/mol. The third kappa shape index (κ3) is 3.83. The summed E-state index contributed by atoms with van der Waals surface area (Å²) in [6.45, 7) is 1.56. The maximum absolute atomic E-state index is 11.7. The summed E-state index contributed by atoms with van der Waals surface area (Å²) >= 11 is 5.31. The van der Waals surface area contributed by atoms with E-state index in [0.717, 1.165) is 16.8 Å². The highest BCUT2D eigenvalue weighted by atomic mass is 32.1. The van der Waals surface area contributed by atoms with Gasteiger partial charge in [0.1, 0.15) is 5.75 Å². The molecular formula is C14H19N3O3S. The average Bonchev–Trinajstić information content (AvgIpc) is 2.79. The topological polar surface area (TPSA) is 68.3 Å². The molecule has 0 unspecified atom stereocenters. The van der Waals surface area contributed by atoms with Gasteiger partial charge in [-0.05, 0) is 24.4 Å². The fraction of sp³-hybridized carbons (Fsp3) is 0.429. The highest BCUT2D eigenvalue weighted by Crippen LogP contribution is 2.20. The Balaban J connectivity index is 2.06. The van der Waals surface area contributed by atoms with Crippen molar-refractivity contribution < 1.29 is 14.3 Å². The number of methoxy groups -OCH3 is 2. The van der Waals surface area contributed by atoms with Gasteiger partial charge in [0.15, 0.2) is 4.77 Å². The molecule has 1 amide bonds. The molecule has 0 saturated heterocycles. The minimum atomic E-state index is -0.0168. The smallest absolute Gasteiger partial charge is 0.221 e. The van der Waals surface area contributed by atoms with Crippen molar-refractivity contribution in [2.45, 2.75) is 13.0 Å². The van der Waals surface area contributed by atoms with Crippen LogP contribution in [0.4, 0.5) is 0 Å². The molecule has 0 atom stereocenters. The predicted molar refractivity (Wildman–Crippen MR) is 83.2 cm³/mol. The van der Waals surface area contributed by atoms with Crippen LogP contribution in [-0.2, 0) is 16.1 Å². The van der Waals surface area contributed by atoms with E-state index in [9.17, 15) is 4.79 Å². The van der Waals surface area contributed by atoms with E-state index in [2.05, 4.69) is 10.3 Å². The monoisotopic (exact) mass is 309 g/mol. The number of aryl methyl sites for hydroxylation is 1. The molecule has 1 aromatic carbocycles. The lowest BCUT2D eigenvalue weighted by atomic mass is 10.3. The molecule has 7 heteroatoms. The summed E-state index contributed by atoms with van der Waals surface area (Å²) in [5.74, 6) is 0.750. The Morgan fingerprint density at radius 3 is 2.95 bits per heavy atom. The van der Waals surface area contributed by atoms with Crippen LogP contribution < -0.4 is 10.1 Å². The molecule has 0 radical (unpaired) electrons. The zero-order valence-electron chi connectivity index (χ0n) is 12.1. The minimum Gasteiger partial charge on any atom is -0.497 e. The molecule has 2 aromatic rings. The molecule has 0 aliphatic carbocycles. The number of aromatic amines is 1. The molecule has 21 heavy (non-hydrogen) atoms. The number of fused-ring (bicyclic) bond motifs is 1. The van der Waals surface area contributed by atoms with Crippen LogP contribution in [0, 0.1) is 4.77 Å². The second kappa shape index (κ2) is 7.24. The lowest BCUT2D eigenvalue weighted by Crippen LogP contribution is -2.27. The summed E-state index contributed by atoms with van der Waals surface area (Å²) < 4.78 is 12.6. The lowest BCUT2D eigenvalue weighted by Gasteiger charge is -2.06. The number of imidazole rings is 1. The third-order valence-corrected chi connectivity index (χ3v) is 3.49. The van der Waals surface area contributed by atoms with E-state index in [0.29, 0.717) is 30.9 Å². The van der Waals surface area contributed by atoms with Gasteiger partial charge in [0, 0.05) is 32.7 Å². The number of carbonyl (C=O) groups excluding carboxylic acids is 1. The highest BCUT2D eigenvalue weighted by molar-refractivity contribution is 7.71. The minimum absolute atomic E-state index is 0.0168. The van der Waals surface area contributed by atoms with E-state index in [1.165, 1.54) is 0 Å². The number of amides is 1. The summed E-state index contributed by atoms with van der Waals surface area (Å²) in [6.07, 6.45) is 0.372. The Morgan fingerprint density at radius 2 is 2.24 bits per heavy atom. The van der Waals surface area contributed by atoms with E-state index >= 15 is 0 Å². The first-order valence-corrected chi connectivity index (χ1v) is 7.08. The van der Waals surface area contributed by atoms with Gasteiger partial charge in [0.25, 0.3) is 0 Å². The lowest BCUT2D eigenvalue weighted by molar-refractivity contribution is -0.121. The van der Waals surface area contributed by atoms with Crippen LogP contribution in [0.1, 0.15) is 6.42 Å². The Hall–Kier alpha value is -1.86. The van der Waals surface area contributed by atoms with Gasteiger partial charge in [0.2, 0.25) is 5.91 Å². The first-order chi connectivity index (χ1) is 10.2. The summed E-state index contributed by atoms with van der Waals surface area (Å²) in [7, 11) is 3.23. The molecule has 0 aliphatic rings. The summed E-state index contributed by atoms with van der Waals surface area (Å²) in [5.41, 5.74) is 1.87. The maximum Gasteiger partial charge on any atom is 0.221 e. The van der Waals surface area contributed by atoms with Crippen LogP contribution in [0.5, 0.6) is 5.75 Å². The van der Waals surface area contributed by atoms with Crippen molar-refractivity contribution in [1.82, 2.24) is 14.9 Å². The average molecular weight is 309 g/mol.